The molecule has 6 nitrogen and oxygen atoms in total. The van der Waals surface area contributed by atoms with Crippen molar-refractivity contribution in [3.8, 4) is 11.5 Å². The van der Waals surface area contributed by atoms with Crippen LogP contribution in [0.4, 0.5) is 0 Å². The first-order valence-electron chi connectivity index (χ1n) is 4.91. The Hall–Kier alpha value is -0.565. The van der Waals surface area contributed by atoms with Crippen LogP contribution >= 0.6 is 11.3 Å². The van der Waals surface area contributed by atoms with Crippen molar-refractivity contribution in [3.63, 3.8) is 0 Å². The topological polar surface area (TPSA) is 93.1 Å². The Morgan fingerprint density at radius 3 is 1.53 bits per heavy atom. The number of ether oxygens (including phenoxy) is 2. The fourth-order valence-electron chi connectivity index (χ4n) is 1.08. The van der Waals surface area contributed by atoms with E-state index >= 15 is 0 Å². The third-order valence-electron chi connectivity index (χ3n) is 1.78. The van der Waals surface area contributed by atoms with Gasteiger partial charge >= 0.3 is 11.9 Å². The Bertz CT molecular complexity index is 407. The molecule has 0 saturated carbocycles. The smallest absolute Gasteiger partial charge is 0.352 e. The Morgan fingerprint density at radius 2 is 1.26 bits per heavy atom. The molecule has 0 spiro atoms. The Kier molecular flexibility index (Phi) is 10.2. The van der Waals surface area contributed by atoms with Gasteiger partial charge in [-0.15, -0.1) is 11.3 Å². The van der Waals surface area contributed by atoms with Crippen LogP contribution in [0, 0.1) is 0 Å². The van der Waals surface area contributed by atoms with Gasteiger partial charge in [0.1, 0.15) is 0 Å². The minimum absolute atomic E-state index is 0. The average Bonchev–Trinajstić information content (AvgIpc) is 2.57. The van der Waals surface area contributed by atoms with Gasteiger partial charge in [0.05, 0.1) is 13.2 Å². The molecule has 1 rings (SSSR count). The van der Waals surface area contributed by atoms with Crippen molar-refractivity contribution in [3.05, 3.63) is 9.75 Å². The van der Waals surface area contributed by atoms with Crippen LogP contribution in [0.5, 0.6) is 11.5 Å². The molecule has 0 unspecified atom stereocenters. The molecule has 1 aromatic heterocycles. The number of carbonyl (C=O) groups excluding carboxylic acids is 2. The summed E-state index contributed by atoms with van der Waals surface area (Å²) in [5.74, 6) is -2.89. The number of hydrogen-bond acceptors (Lipinski definition) is 7. The summed E-state index contributed by atoms with van der Waals surface area (Å²) >= 11 is 0.633. The summed E-state index contributed by atoms with van der Waals surface area (Å²) < 4.78 is 9.33. The molecule has 0 atom stereocenters. The molecule has 0 aliphatic heterocycles. The predicted octanol–water partition coefficient (Wildman–Crippen LogP) is 0.751. The number of thiophene rings is 1. The average molecular weight is 274 g/mol. The zero-order valence-electron chi connectivity index (χ0n) is 11.3. The zero-order valence-corrected chi connectivity index (χ0v) is 12.2. The molecule has 1 aromatic rings. The zero-order chi connectivity index (χ0) is 13.0. The van der Waals surface area contributed by atoms with Crippen LogP contribution in [0.25, 0.3) is 0 Å². The maximum absolute atomic E-state index is 11.4. The van der Waals surface area contributed by atoms with E-state index in [1.54, 1.807) is 13.8 Å². The first-order chi connectivity index (χ1) is 8.02. The van der Waals surface area contributed by atoms with E-state index in [0.717, 1.165) is 0 Å². The van der Waals surface area contributed by atoms with E-state index in [-0.39, 0.29) is 60.7 Å². The molecular weight excluding hydrogens is 262 g/mol. The molecule has 0 aliphatic carbocycles. The van der Waals surface area contributed by atoms with E-state index in [4.69, 9.17) is 0 Å². The fourth-order valence-corrected chi connectivity index (χ4v) is 1.96. The van der Waals surface area contributed by atoms with Crippen molar-refractivity contribution < 1.29 is 29.3 Å². The molecule has 0 aliphatic rings. The van der Waals surface area contributed by atoms with Crippen molar-refractivity contribution in [1.29, 1.82) is 0 Å². The molecule has 0 amide bonds. The van der Waals surface area contributed by atoms with Gasteiger partial charge in [-0.2, -0.15) is 0 Å². The second-order valence-electron chi connectivity index (χ2n) is 2.90. The molecule has 0 aromatic carbocycles. The summed E-state index contributed by atoms with van der Waals surface area (Å²) in [6.45, 7) is 3.47. The Balaban J connectivity index is 0. The van der Waals surface area contributed by atoms with Crippen LogP contribution in [-0.4, -0.2) is 73.1 Å². The van der Waals surface area contributed by atoms with Crippen LogP contribution in [0.15, 0.2) is 0 Å². The largest absolute Gasteiger partial charge is 0.503 e. The van der Waals surface area contributed by atoms with Gasteiger partial charge < -0.3 is 19.7 Å². The summed E-state index contributed by atoms with van der Waals surface area (Å²) in [6, 6.07) is 0. The predicted molar refractivity (Wildman–Crippen MR) is 71.1 cm³/mol. The van der Waals surface area contributed by atoms with Crippen LogP contribution in [-0.2, 0) is 9.47 Å². The standard InChI is InChI=1S/C10H12O6S.2Li/c1-3-15-9(13)7-5(11)6(12)8(17-7)10(14)16-4-2;;/h11-12H,3-4H2,1-2H3;;. The van der Waals surface area contributed by atoms with Crippen molar-refractivity contribution >= 4 is 61.0 Å². The maximum atomic E-state index is 11.4. The fraction of sp³-hybridized carbons (Fsp3) is 0.400. The summed E-state index contributed by atoms with van der Waals surface area (Å²) in [5, 5.41) is 19.0. The van der Waals surface area contributed by atoms with Crippen LogP contribution in [0.3, 0.4) is 0 Å². The Morgan fingerprint density at radius 1 is 0.947 bits per heavy atom. The van der Waals surface area contributed by atoms with E-state index in [0.29, 0.717) is 11.3 Å². The van der Waals surface area contributed by atoms with Crippen LogP contribution in [0.1, 0.15) is 33.2 Å². The molecule has 2 N–H and O–H groups in total. The van der Waals surface area contributed by atoms with Gasteiger partial charge in [0, 0.05) is 37.7 Å². The number of aromatic hydroxyl groups is 2. The molecular formula is C10H12Li2O6S. The molecule has 0 saturated heterocycles. The van der Waals surface area contributed by atoms with E-state index in [1.807, 2.05) is 0 Å². The third-order valence-corrected chi connectivity index (χ3v) is 2.91. The van der Waals surface area contributed by atoms with Crippen molar-refractivity contribution in [2.45, 2.75) is 13.8 Å². The second kappa shape index (κ2) is 9.36. The summed E-state index contributed by atoms with van der Waals surface area (Å²) in [5.41, 5.74) is 0. The molecule has 0 fully saturated rings. The minimum Gasteiger partial charge on any atom is -0.503 e. The summed E-state index contributed by atoms with van der Waals surface area (Å²) in [6.07, 6.45) is 0. The third kappa shape index (κ3) is 4.79. The first-order valence-corrected chi connectivity index (χ1v) is 5.73. The molecule has 19 heavy (non-hydrogen) atoms. The van der Waals surface area contributed by atoms with Crippen LogP contribution < -0.4 is 0 Å². The van der Waals surface area contributed by atoms with Gasteiger partial charge in [0.2, 0.25) is 0 Å². The molecule has 9 heteroatoms. The quantitative estimate of drug-likeness (QED) is 0.621. The van der Waals surface area contributed by atoms with Gasteiger partial charge in [-0.3, -0.25) is 0 Å². The van der Waals surface area contributed by atoms with E-state index in [2.05, 4.69) is 9.47 Å². The maximum Gasteiger partial charge on any atom is 0.352 e. The van der Waals surface area contributed by atoms with Gasteiger partial charge in [-0.1, -0.05) is 0 Å². The van der Waals surface area contributed by atoms with Gasteiger partial charge in [-0.25, -0.2) is 9.59 Å². The first kappa shape index (κ1) is 20.7. The molecule has 2 radical (unpaired) electrons. The minimum atomic E-state index is -0.791. The SMILES string of the molecule is CCOC(=O)c1sc(C(=O)OCC)c(O)c1O.[Li].[Li]. The van der Waals surface area contributed by atoms with E-state index in [9.17, 15) is 19.8 Å². The van der Waals surface area contributed by atoms with Gasteiger partial charge in [-0.05, 0) is 13.8 Å². The van der Waals surface area contributed by atoms with Crippen molar-refractivity contribution in [2.75, 3.05) is 13.2 Å². The summed E-state index contributed by atoms with van der Waals surface area (Å²) in [7, 11) is 0. The molecule has 0 bridgehead atoms. The number of esters is 2. The normalized spacial score (nSPS) is 8.95. The number of carbonyl (C=O) groups is 2. The molecule has 1 heterocycles. The van der Waals surface area contributed by atoms with Gasteiger partial charge in [0.15, 0.2) is 21.3 Å². The number of hydrogen-bond donors (Lipinski definition) is 2. The summed E-state index contributed by atoms with van der Waals surface area (Å²) in [4.78, 5) is 22.3. The van der Waals surface area contributed by atoms with E-state index in [1.165, 1.54) is 0 Å². The second-order valence-corrected chi connectivity index (χ2v) is 3.92. The Labute approximate surface area is 138 Å². The van der Waals surface area contributed by atoms with Crippen molar-refractivity contribution in [2.24, 2.45) is 0 Å². The van der Waals surface area contributed by atoms with Gasteiger partial charge in [0.25, 0.3) is 0 Å². The monoisotopic (exact) mass is 274 g/mol. The van der Waals surface area contributed by atoms with Crippen molar-refractivity contribution in [1.82, 2.24) is 0 Å². The van der Waals surface area contributed by atoms with Crippen LogP contribution in [0.2, 0.25) is 0 Å². The molecule has 96 valence electrons. The number of rotatable bonds is 4. The van der Waals surface area contributed by atoms with E-state index < -0.39 is 23.4 Å².